The fraction of sp³-hybridized carbons (Fsp3) is 0.417. The Hall–Kier alpha value is -3.26. The van der Waals surface area contributed by atoms with Gasteiger partial charge in [0.1, 0.15) is 11.5 Å². The lowest BCUT2D eigenvalue weighted by Crippen LogP contribution is -2.45. The van der Waals surface area contributed by atoms with Crippen LogP contribution in [0.3, 0.4) is 0 Å². The van der Waals surface area contributed by atoms with Gasteiger partial charge in [0.25, 0.3) is 0 Å². The SMILES string of the molecule is O=C(O)NC1CC(COc2cc(-c3ccc(O)cc3)cc3c2cnn3C2CCCCO2)C1. The van der Waals surface area contributed by atoms with Crippen LogP contribution in [0.1, 0.15) is 38.3 Å². The number of rotatable bonds is 6. The Morgan fingerprint density at radius 1 is 1.19 bits per heavy atom. The molecule has 1 atom stereocenters. The number of fused-ring (bicyclic) bond motifs is 1. The van der Waals surface area contributed by atoms with Crippen LogP contribution in [0.25, 0.3) is 22.0 Å². The Kier molecular flexibility index (Phi) is 5.61. The molecule has 8 heteroatoms. The quantitative estimate of drug-likeness (QED) is 0.523. The van der Waals surface area contributed by atoms with Crippen LogP contribution in [0.4, 0.5) is 4.79 Å². The van der Waals surface area contributed by atoms with Gasteiger partial charge in [-0.1, -0.05) is 12.1 Å². The summed E-state index contributed by atoms with van der Waals surface area (Å²) in [7, 11) is 0. The van der Waals surface area contributed by atoms with Gasteiger partial charge in [-0.25, -0.2) is 9.48 Å². The van der Waals surface area contributed by atoms with Gasteiger partial charge in [0, 0.05) is 12.6 Å². The number of carbonyl (C=O) groups is 1. The molecule has 0 radical (unpaired) electrons. The number of nitrogens with one attached hydrogen (secondary N) is 1. The topological polar surface area (TPSA) is 106 Å². The standard InChI is InChI=1S/C24H27N3O5/c28-19-6-4-16(5-7-19)17-11-21-20(13-25-27(21)23-3-1-2-8-31-23)22(12-17)32-14-15-9-18(10-15)26-24(29)30/h4-7,11-13,15,18,23,26,28H,1-3,8-10,14H2,(H,29,30). The van der Waals surface area contributed by atoms with Gasteiger partial charge in [-0.2, -0.15) is 5.10 Å². The van der Waals surface area contributed by atoms with Crippen molar-refractivity contribution in [1.29, 1.82) is 0 Å². The van der Waals surface area contributed by atoms with E-state index in [9.17, 15) is 9.90 Å². The summed E-state index contributed by atoms with van der Waals surface area (Å²) in [6, 6.07) is 11.2. The first-order valence-corrected chi connectivity index (χ1v) is 11.1. The van der Waals surface area contributed by atoms with E-state index in [1.807, 2.05) is 29.1 Å². The summed E-state index contributed by atoms with van der Waals surface area (Å²) in [5.74, 6) is 1.29. The number of aromatic nitrogens is 2. The Morgan fingerprint density at radius 2 is 2.00 bits per heavy atom. The van der Waals surface area contributed by atoms with E-state index in [0.717, 1.165) is 66.5 Å². The van der Waals surface area contributed by atoms with Crippen LogP contribution in [0.15, 0.2) is 42.6 Å². The van der Waals surface area contributed by atoms with Crippen LogP contribution in [0.2, 0.25) is 0 Å². The molecule has 2 heterocycles. The molecule has 1 saturated carbocycles. The van der Waals surface area contributed by atoms with Gasteiger partial charge in [0.05, 0.1) is 23.7 Å². The van der Waals surface area contributed by atoms with Gasteiger partial charge in [-0.15, -0.1) is 0 Å². The maximum Gasteiger partial charge on any atom is 0.404 e. The molecule has 0 bridgehead atoms. The predicted molar refractivity (Wildman–Crippen MR) is 119 cm³/mol. The first-order chi connectivity index (χ1) is 15.6. The molecule has 32 heavy (non-hydrogen) atoms. The number of amides is 1. The molecule has 1 aliphatic heterocycles. The molecule has 0 spiro atoms. The third-order valence-corrected chi connectivity index (χ3v) is 6.35. The number of ether oxygens (including phenoxy) is 2. The van der Waals surface area contributed by atoms with Crippen LogP contribution in [0.5, 0.6) is 11.5 Å². The average Bonchev–Trinajstić information content (AvgIpc) is 3.20. The van der Waals surface area contributed by atoms with Gasteiger partial charge in [-0.05, 0) is 73.4 Å². The largest absolute Gasteiger partial charge is 0.508 e. The summed E-state index contributed by atoms with van der Waals surface area (Å²) in [5.41, 5.74) is 2.90. The molecule has 1 amide bonds. The first kappa shape index (κ1) is 20.6. The van der Waals surface area contributed by atoms with E-state index in [1.165, 1.54) is 0 Å². The zero-order valence-corrected chi connectivity index (χ0v) is 17.7. The van der Waals surface area contributed by atoms with Crippen molar-refractivity contribution in [2.24, 2.45) is 5.92 Å². The zero-order chi connectivity index (χ0) is 22.1. The Morgan fingerprint density at radius 3 is 2.72 bits per heavy atom. The Bertz CT molecular complexity index is 1100. The number of phenols is 1. The molecule has 1 unspecified atom stereocenters. The Labute approximate surface area is 185 Å². The minimum absolute atomic E-state index is 0.00986. The number of aromatic hydroxyl groups is 1. The van der Waals surface area contributed by atoms with Crippen LogP contribution in [-0.2, 0) is 4.74 Å². The molecule has 3 aromatic rings. The highest BCUT2D eigenvalue weighted by atomic mass is 16.5. The van der Waals surface area contributed by atoms with E-state index in [2.05, 4.69) is 16.5 Å². The van der Waals surface area contributed by atoms with Crippen molar-refractivity contribution in [3.8, 4) is 22.6 Å². The number of hydrogen-bond acceptors (Lipinski definition) is 5. The molecule has 1 saturated heterocycles. The van der Waals surface area contributed by atoms with E-state index in [0.29, 0.717) is 12.5 Å². The minimum atomic E-state index is -0.977. The third kappa shape index (κ3) is 4.23. The highest BCUT2D eigenvalue weighted by molar-refractivity contribution is 5.90. The lowest BCUT2D eigenvalue weighted by molar-refractivity contribution is -0.0366. The fourth-order valence-corrected chi connectivity index (χ4v) is 4.57. The molecule has 2 aliphatic rings. The van der Waals surface area contributed by atoms with E-state index < -0.39 is 6.09 Å². The van der Waals surface area contributed by atoms with Crippen molar-refractivity contribution in [1.82, 2.24) is 15.1 Å². The van der Waals surface area contributed by atoms with E-state index in [4.69, 9.17) is 14.6 Å². The number of nitrogens with zero attached hydrogens (tertiary/aromatic N) is 2. The van der Waals surface area contributed by atoms with E-state index >= 15 is 0 Å². The second-order valence-electron chi connectivity index (χ2n) is 8.66. The number of benzene rings is 2. The number of hydrogen-bond donors (Lipinski definition) is 3. The average molecular weight is 437 g/mol. The molecular weight excluding hydrogens is 410 g/mol. The minimum Gasteiger partial charge on any atom is -0.508 e. The number of carboxylic acid groups (broad SMARTS) is 1. The predicted octanol–water partition coefficient (Wildman–Crippen LogP) is 4.53. The molecule has 5 rings (SSSR count). The molecule has 2 aromatic carbocycles. The van der Waals surface area contributed by atoms with Gasteiger partial charge in [0.15, 0.2) is 6.23 Å². The molecular formula is C24H27N3O5. The van der Waals surface area contributed by atoms with Gasteiger partial charge in [-0.3, -0.25) is 0 Å². The van der Waals surface area contributed by atoms with Crippen LogP contribution >= 0.6 is 0 Å². The van der Waals surface area contributed by atoms with Gasteiger partial charge in [0.2, 0.25) is 0 Å². The number of phenolic OH excluding ortho intramolecular Hbond substituents is 1. The lowest BCUT2D eigenvalue weighted by Gasteiger charge is -2.34. The van der Waals surface area contributed by atoms with Gasteiger partial charge < -0.3 is 25.0 Å². The van der Waals surface area contributed by atoms with Crippen molar-refractivity contribution >= 4 is 17.0 Å². The fourth-order valence-electron chi connectivity index (χ4n) is 4.57. The second-order valence-corrected chi connectivity index (χ2v) is 8.66. The summed E-state index contributed by atoms with van der Waals surface area (Å²) in [5, 5.41) is 26.6. The van der Waals surface area contributed by atoms with Crippen LogP contribution < -0.4 is 10.1 Å². The molecule has 1 aliphatic carbocycles. The van der Waals surface area contributed by atoms with E-state index in [-0.39, 0.29) is 18.0 Å². The summed E-state index contributed by atoms with van der Waals surface area (Å²) >= 11 is 0. The monoisotopic (exact) mass is 437 g/mol. The second kappa shape index (κ2) is 8.70. The third-order valence-electron chi connectivity index (χ3n) is 6.35. The molecule has 2 fully saturated rings. The maximum absolute atomic E-state index is 10.8. The summed E-state index contributed by atoms with van der Waals surface area (Å²) < 4.78 is 14.2. The van der Waals surface area contributed by atoms with Crippen molar-refractivity contribution in [2.45, 2.75) is 44.4 Å². The van der Waals surface area contributed by atoms with Gasteiger partial charge >= 0.3 is 6.09 Å². The van der Waals surface area contributed by atoms with E-state index in [1.54, 1.807) is 12.1 Å². The molecule has 1 aromatic heterocycles. The van der Waals surface area contributed by atoms with Crippen molar-refractivity contribution < 1.29 is 24.5 Å². The normalized spacial score (nSPS) is 22.9. The smallest absolute Gasteiger partial charge is 0.404 e. The van der Waals surface area contributed by atoms with Crippen LogP contribution in [-0.4, -0.2) is 45.3 Å². The highest BCUT2D eigenvalue weighted by Gasteiger charge is 2.31. The molecule has 3 N–H and O–H groups in total. The molecule has 168 valence electrons. The molecule has 8 nitrogen and oxygen atoms in total. The van der Waals surface area contributed by atoms with Crippen molar-refractivity contribution in [2.75, 3.05) is 13.2 Å². The summed E-state index contributed by atoms with van der Waals surface area (Å²) in [6.45, 7) is 1.26. The highest BCUT2D eigenvalue weighted by Crippen LogP contribution is 2.37. The Balaban J connectivity index is 1.43. The zero-order valence-electron chi connectivity index (χ0n) is 17.7. The maximum atomic E-state index is 10.8. The van der Waals surface area contributed by atoms with Crippen LogP contribution in [0, 0.1) is 5.92 Å². The summed E-state index contributed by atoms with van der Waals surface area (Å²) in [4.78, 5) is 10.8. The van der Waals surface area contributed by atoms with Crippen molar-refractivity contribution in [3.05, 3.63) is 42.6 Å². The summed E-state index contributed by atoms with van der Waals surface area (Å²) in [6.07, 6.45) is 5.44. The van der Waals surface area contributed by atoms with Crippen molar-refractivity contribution in [3.63, 3.8) is 0 Å². The lowest BCUT2D eigenvalue weighted by atomic mass is 9.81. The first-order valence-electron chi connectivity index (χ1n) is 11.1.